The fraction of sp³-hybridized carbons (Fsp3) is 0.292. The van der Waals surface area contributed by atoms with Crippen molar-refractivity contribution < 1.29 is 32.3 Å². The Morgan fingerprint density at radius 1 is 1.26 bits per heavy atom. The summed E-state index contributed by atoms with van der Waals surface area (Å²) in [4.78, 5) is 41.7. The summed E-state index contributed by atoms with van der Waals surface area (Å²) >= 11 is 5.75. The van der Waals surface area contributed by atoms with Gasteiger partial charge in [0.15, 0.2) is 5.82 Å². The zero-order chi connectivity index (χ0) is 29.1. The van der Waals surface area contributed by atoms with Gasteiger partial charge in [-0.3, -0.25) is 9.59 Å². The second-order valence-corrected chi connectivity index (χ2v) is 9.01. The van der Waals surface area contributed by atoms with Gasteiger partial charge in [-0.05, 0) is 24.1 Å². The molecule has 0 radical (unpaired) electrons. The lowest BCUT2D eigenvalue weighted by Crippen LogP contribution is -2.27. The van der Waals surface area contributed by atoms with Gasteiger partial charge in [0.2, 0.25) is 0 Å². The molecular weight excluding hydrogens is 548 g/mol. The summed E-state index contributed by atoms with van der Waals surface area (Å²) in [6.45, 7) is 4.20. The molecule has 0 aliphatic heterocycles. The number of aliphatic carboxylic acids is 1. The lowest BCUT2D eigenvalue weighted by Gasteiger charge is -2.09. The number of nitrogens with one attached hydrogen (secondary N) is 2. The maximum absolute atomic E-state index is 13.9. The number of halogens is 5. The molecule has 0 saturated carbocycles. The SMILES string of the molecule is CC(C)c1c(C(=O)NCCc2nccn2C)cn2nc(-c3ccc(Cl)c(F)c3)[nH]c(=O)c12.O=C(O)C(F)(F)F. The smallest absolute Gasteiger partial charge is 0.475 e. The number of rotatable bonds is 6. The summed E-state index contributed by atoms with van der Waals surface area (Å²) in [5.41, 5.74) is 1.21. The Morgan fingerprint density at radius 3 is 2.46 bits per heavy atom. The molecule has 1 aromatic carbocycles. The molecule has 1 amide bonds. The number of hydrogen-bond acceptors (Lipinski definition) is 5. The van der Waals surface area contributed by atoms with Crippen LogP contribution in [0.3, 0.4) is 0 Å². The molecule has 0 unspecified atom stereocenters. The normalized spacial score (nSPS) is 11.4. The summed E-state index contributed by atoms with van der Waals surface area (Å²) in [6, 6.07) is 4.16. The van der Waals surface area contributed by atoms with Crippen molar-refractivity contribution in [3.63, 3.8) is 0 Å². The van der Waals surface area contributed by atoms with Crippen LogP contribution in [0.15, 0.2) is 41.6 Å². The molecule has 0 spiro atoms. The highest BCUT2D eigenvalue weighted by Crippen LogP contribution is 2.26. The molecule has 208 valence electrons. The number of carbonyl (C=O) groups is 2. The van der Waals surface area contributed by atoms with Crippen LogP contribution in [-0.2, 0) is 18.3 Å². The molecule has 4 rings (SSSR count). The third-order valence-corrected chi connectivity index (χ3v) is 5.80. The van der Waals surface area contributed by atoms with Crippen molar-refractivity contribution in [3.05, 3.63) is 74.9 Å². The second-order valence-electron chi connectivity index (χ2n) is 8.60. The van der Waals surface area contributed by atoms with Crippen LogP contribution in [0, 0.1) is 5.82 Å². The van der Waals surface area contributed by atoms with E-state index in [-0.39, 0.29) is 28.2 Å². The number of aryl methyl sites for hydroxylation is 1. The Morgan fingerprint density at radius 2 is 1.92 bits per heavy atom. The van der Waals surface area contributed by atoms with E-state index >= 15 is 0 Å². The van der Waals surface area contributed by atoms with Gasteiger partial charge < -0.3 is 20.0 Å². The zero-order valence-corrected chi connectivity index (χ0v) is 21.6. The number of aromatic amines is 1. The van der Waals surface area contributed by atoms with Gasteiger partial charge in [-0.15, -0.1) is 5.10 Å². The van der Waals surface area contributed by atoms with Crippen LogP contribution < -0.4 is 10.9 Å². The molecule has 10 nitrogen and oxygen atoms in total. The third-order valence-electron chi connectivity index (χ3n) is 5.49. The van der Waals surface area contributed by atoms with Crippen LogP contribution in [0.4, 0.5) is 17.6 Å². The van der Waals surface area contributed by atoms with Crippen molar-refractivity contribution in [3.8, 4) is 11.4 Å². The summed E-state index contributed by atoms with van der Waals surface area (Å²) in [6.07, 6.45) is 0.573. The largest absolute Gasteiger partial charge is 0.490 e. The third kappa shape index (κ3) is 6.82. The molecule has 0 aliphatic rings. The maximum Gasteiger partial charge on any atom is 0.490 e. The lowest BCUT2D eigenvalue weighted by atomic mass is 10.00. The first-order chi connectivity index (χ1) is 18.2. The lowest BCUT2D eigenvalue weighted by molar-refractivity contribution is -0.192. The van der Waals surface area contributed by atoms with Gasteiger partial charge in [-0.25, -0.2) is 18.7 Å². The fourth-order valence-electron chi connectivity index (χ4n) is 3.67. The number of carbonyl (C=O) groups excluding carboxylic acids is 1. The van der Waals surface area contributed by atoms with Crippen LogP contribution in [-0.4, -0.2) is 53.9 Å². The van der Waals surface area contributed by atoms with Gasteiger partial charge in [-0.2, -0.15) is 13.2 Å². The number of benzene rings is 1. The van der Waals surface area contributed by atoms with E-state index in [9.17, 15) is 27.2 Å². The molecule has 3 heterocycles. The number of imidazole rings is 1. The average molecular weight is 571 g/mol. The zero-order valence-electron chi connectivity index (χ0n) is 20.8. The quantitative estimate of drug-likeness (QED) is 0.301. The van der Waals surface area contributed by atoms with Crippen molar-refractivity contribution in [2.75, 3.05) is 6.54 Å². The molecule has 0 aliphatic carbocycles. The molecule has 0 atom stereocenters. The van der Waals surface area contributed by atoms with Gasteiger partial charge in [0.05, 0.1) is 10.6 Å². The van der Waals surface area contributed by atoms with E-state index in [1.807, 2.05) is 31.7 Å². The number of amides is 1. The molecule has 15 heteroatoms. The number of H-pyrrole nitrogens is 1. The molecule has 0 saturated heterocycles. The van der Waals surface area contributed by atoms with Crippen molar-refractivity contribution in [1.82, 2.24) is 29.5 Å². The Hall–Kier alpha value is -4.20. The molecule has 0 fully saturated rings. The van der Waals surface area contributed by atoms with Gasteiger partial charge in [0, 0.05) is 49.7 Å². The predicted octanol–water partition coefficient (Wildman–Crippen LogP) is 3.94. The number of alkyl halides is 3. The van der Waals surface area contributed by atoms with Gasteiger partial charge >= 0.3 is 12.1 Å². The van der Waals surface area contributed by atoms with E-state index in [0.717, 1.165) is 5.82 Å². The van der Waals surface area contributed by atoms with Crippen molar-refractivity contribution >= 4 is 29.0 Å². The fourth-order valence-corrected chi connectivity index (χ4v) is 3.79. The highest BCUT2D eigenvalue weighted by atomic mass is 35.5. The first-order valence-corrected chi connectivity index (χ1v) is 11.7. The van der Waals surface area contributed by atoms with Crippen LogP contribution >= 0.6 is 11.6 Å². The van der Waals surface area contributed by atoms with Crippen molar-refractivity contribution in [2.24, 2.45) is 7.05 Å². The highest BCUT2D eigenvalue weighted by molar-refractivity contribution is 6.30. The minimum Gasteiger partial charge on any atom is -0.475 e. The first kappa shape index (κ1) is 29.4. The van der Waals surface area contributed by atoms with E-state index in [1.165, 1.54) is 22.8 Å². The van der Waals surface area contributed by atoms with Gasteiger partial charge in [0.1, 0.15) is 17.2 Å². The predicted molar refractivity (Wildman–Crippen MR) is 133 cm³/mol. The number of carboxylic acid groups (broad SMARTS) is 1. The Kier molecular flexibility index (Phi) is 8.79. The van der Waals surface area contributed by atoms with Crippen molar-refractivity contribution in [1.29, 1.82) is 0 Å². The second kappa shape index (κ2) is 11.7. The number of hydrogen-bond donors (Lipinski definition) is 3. The summed E-state index contributed by atoms with van der Waals surface area (Å²) in [5, 5.41) is 14.4. The summed E-state index contributed by atoms with van der Waals surface area (Å²) in [5.74, 6) is -2.74. The minimum atomic E-state index is -5.08. The van der Waals surface area contributed by atoms with Crippen LogP contribution in [0.25, 0.3) is 16.9 Å². The highest BCUT2D eigenvalue weighted by Gasteiger charge is 2.38. The molecular formula is C24H23ClF4N6O4. The monoisotopic (exact) mass is 570 g/mol. The first-order valence-electron chi connectivity index (χ1n) is 11.4. The van der Waals surface area contributed by atoms with E-state index < -0.39 is 23.5 Å². The van der Waals surface area contributed by atoms with Crippen LogP contribution in [0.1, 0.15) is 41.5 Å². The van der Waals surface area contributed by atoms with E-state index in [1.54, 1.807) is 12.3 Å². The van der Waals surface area contributed by atoms with E-state index in [2.05, 4.69) is 20.4 Å². The molecule has 39 heavy (non-hydrogen) atoms. The topological polar surface area (TPSA) is 134 Å². The number of aromatic nitrogens is 5. The van der Waals surface area contributed by atoms with Crippen LogP contribution in [0.5, 0.6) is 0 Å². The molecule has 0 bridgehead atoms. The Bertz CT molecular complexity index is 1580. The molecule has 3 N–H and O–H groups in total. The molecule has 4 aromatic rings. The van der Waals surface area contributed by atoms with Crippen molar-refractivity contribution in [2.45, 2.75) is 32.4 Å². The summed E-state index contributed by atoms with van der Waals surface area (Å²) in [7, 11) is 1.89. The van der Waals surface area contributed by atoms with E-state index in [0.29, 0.717) is 29.7 Å². The van der Waals surface area contributed by atoms with E-state index in [4.69, 9.17) is 21.5 Å². The number of fused-ring (bicyclic) bond motifs is 1. The average Bonchev–Trinajstić information content (AvgIpc) is 3.44. The minimum absolute atomic E-state index is 0.0234. The van der Waals surface area contributed by atoms with Gasteiger partial charge in [0.25, 0.3) is 11.5 Å². The maximum atomic E-state index is 13.9. The Labute approximate surface area is 223 Å². The Balaban J connectivity index is 0.000000532. The standard InChI is InChI=1S/C22H22ClFN6O2.C2HF3O2/c1-12(2)18-14(21(31)26-7-6-17-25-8-9-29(17)3)11-30-19(18)22(32)27-20(28-30)13-4-5-15(23)16(24)10-13;3-2(4,5)1(6)7/h4-5,8-12H,6-7H2,1-3H3,(H,26,31)(H,27,28,32);(H,6,7). The summed E-state index contributed by atoms with van der Waals surface area (Å²) < 4.78 is 48.9. The van der Waals surface area contributed by atoms with Gasteiger partial charge in [-0.1, -0.05) is 25.4 Å². The number of nitrogens with zero attached hydrogens (tertiary/aromatic N) is 4. The number of carboxylic acids is 1. The van der Waals surface area contributed by atoms with Crippen LogP contribution in [0.2, 0.25) is 5.02 Å². The molecule has 3 aromatic heterocycles.